The summed E-state index contributed by atoms with van der Waals surface area (Å²) in [6.45, 7) is 5.95. The zero-order valence-corrected chi connectivity index (χ0v) is 22.1. The highest BCUT2D eigenvalue weighted by Gasteiger charge is 2.55. The lowest BCUT2D eigenvalue weighted by Crippen LogP contribution is -2.33. The first-order valence-electron chi connectivity index (χ1n) is 11.9. The number of alkyl halides is 3. The molecular weight excluding hydrogens is 532 g/mol. The Hall–Kier alpha value is -2.04. The molecule has 2 aromatic rings. The average molecular weight is 565 g/mol. The Balaban J connectivity index is 0.00000241. The summed E-state index contributed by atoms with van der Waals surface area (Å²) in [4.78, 5) is 13.5. The van der Waals surface area contributed by atoms with Crippen LogP contribution in [0.15, 0.2) is 48.5 Å². The van der Waals surface area contributed by atoms with Gasteiger partial charge in [-0.3, -0.25) is 4.90 Å². The number of piperidine rings is 1. The first-order valence-corrected chi connectivity index (χ1v) is 11.9. The Morgan fingerprint density at radius 2 is 1.65 bits per heavy atom. The van der Waals surface area contributed by atoms with Gasteiger partial charge in [0.05, 0.1) is 5.56 Å². The summed E-state index contributed by atoms with van der Waals surface area (Å²) < 4.78 is 49.2. The van der Waals surface area contributed by atoms with Gasteiger partial charge in [0.1, 0.15) is 12.4 Å². The van der Waals surface area contributed by atoms with Gasteiger partial charge in [-0.15, -0.1) is 24.8 Å². The summed E-state index contributed by atoms with van der Waals surface area (Å²) in [6, 6.07) is 13.3. The molecule has 2 aromatic carbocycles. The van der Waals surface area contributed by atoms with Gasteiger partial charge in [0.2, 0.25) is 0 Å². The molecule has 2 aliphatic rings. The molecule has 1 saturated heterocycles. The number of likely N-dealkylation sites (tertiary alicyclic amines) is 1. The molecule has 1 aliphatic heterocycles. The number of halogens is 5. The fraction of sp³-hybridized carbons (Fsp3) is 0.500. The van der Waals surface area contributed by atoms with Gasteiger partial charge in [-0.2, -0.15) is 13.2 Å². The number of rotatable bonds is 12. The van der Waals surface area contributed by atoms with E-state index in [9.17, 15) is 23.1 Å². The van der Waals surface area contributed by atoms with Gasteiger partial charge in [-0.1, -0.05) is 24.3 Å². The van der Waals surface area contributed by atoms with Gasteiger partial charge in [0.25, 0.3) is 0 Å². The summed E-state index contributed by atoms with van der Waals surface area (Å²) in [6.07, 6.45) is -4.83. The van der Waals surface area contributed by atoms with Crippen LogP contribution in [0, 0.1) is 11.8 Å². The van der Waals surface area contributed by atoms with Crippen molar-refractivity contribution in [2.45, 2.75) is 38.2 Å². The summed E-state index contributed by atoms with van der Waals surface area (Å²) in [7, 11) is 0. The molecule has 1 saturated carbocycles. The van der Waals surface area contributed by atoms with Crippen molar-refractivity contribution in [1.82, 2.24) is 10.2 Å². The number of aliphatic carboxylic acids is 1. The molecule has 1 aliphatic carbocycles. The van der Waals surface area contributed by atoms with Gasteiger partial charge in [0, 0.05) is 45.2 Å². The van der Waals surface area contributed by atoms with Crippen LogP contribution >= 0.6 is 24.8 Å². The highest BCUT2D eigenvalue weighted by Crippen LogP contribution is 2.45. The highest BCUT2D eigenvalue weighted by atomic mass is 35.5. The zero-order chi connectivity index (χ0) is 25.0. The van der Waals surface area contributed by atoms with Crippen molar-refractivity contribution in [2.24, 2.45) is 11.8 Å². The fourth-order valence-corrected chi connectivity index (χ4v) is 4.85. The van der Waals surface area contributed by atoms with Crippen LogP contribution < -0.4 is 10.1 Å². The maximum Gasteiger partial charge on any atom is 0.416 e. The Labute approximate surface area is 227 Å². The Morgan fingerprint density at radius 3 is 2.19 bits per heavy atom. The number of benzene rings is 2. The minimum atomic E-state index is -4.30. The molecule has 0 amide bonds. The number of hydrogen-bond acceptors (Lipinski definition) is 5. The molecule has 4 atom stereocenters. The molecule has 37 heavy (non-hydrogen) atoms. The van der Waals surface area contributed by atoms with Gasteiger partial charge in [-0.25, -0.2) is 4.79 Å². The van der Waals surface area contributed by atoms with Gasteiger partial charge >= 0.3 is 12.1 Å². The van der Waals surface area contributed by atoms with Crippen LogP contribution in [0.2, 0.25) is 0 Å². The van der Waals surface area contributed by atoms with E-state index in [2.05, 4.69) is 10.2 Å². The minimum absolute atomic E-state index is 0. The third-order valence-corrected chi connectivity index (χ3v) is 6.70. The molecule has 2 N–H and O–H groups in total. The normalized spacial score (nSPS) is 21.4. The molecule has 4 rings (SSSR count). The number of carbonyl (C=O) groups is 1. The van der Waals surface area contributed by atoms with Crippen molar-refractivity contribution in [3.8, 4) is 5.75 Å². The standard InChI is InChI=1S/C26H31F3N2O4.2ClH/c1-2-34-23(25(32)33)13-17-5-9-20(10-6-17)35-12-11-30-24-21-15-31(16-22(21)24)14-18-3-7-19(8-4-18)26(27,28)29;;/h3-10,21-24,30H,2,11-16H2,1H3,(H,32,33);2*1H/t21-,22?,23-,24?;;/m0../s1. The average Bonchev–Trinajstić information content (AvgIpc) is 3.27. The predicted octanol–water partition coefficient (Wildman–Crippen LogP) is 4.68. The molecule has 6 nitrogen and oxygen atoms in total. The second kappa shape index (κ2) is 13.7. The Bertz CT molecular complexity index is 981. The highest BCUT2D eigenvalue weighted by molar-refractivity contribution is 5.85. The number of carboxylic acids is 1. The number of nitrogens with one attached hydrogen (secondary N) is 1. The van der Waals surface area contributed by atoms with Crippen molar-refractivity contribution >= 4 is 30.8 Å². The monoisotopic (exact) mass is 564 g/mol. The SMILES string of the molecule is CCO[C@@H](Cc1ccc(OCCNC2C3CN(Cc4ccc(C(F)(F)F)cc4)C[C@@H]32)cc1)C(=O)O.Cl.Cl. The van der Waals surface area contributed by atoms with E-state index in [1.165, 1.54) is 0 Å². The first-order chi connectivity index (χ1) is 16.7. The number of hydrogen-bond donors (Lipinski definition) is 2. The lowest BCUT2D eigenvalue weighted by molar-refractivity contribution is -0.150. The van der Waals surface area contributed by atoms with Crippen LogP contribution in [-0.4, -0.2) is 61.0 Å². The Kier molecular flexibility index (Phi) is 11.5. The smallest absolute Gasteiger partial charge is 0.416 e. The maximum absolute atomic E-state index is 12.7. The molecule has 2 unspecified atom stereocenters. The lowest BCUT2D eigenvalue weighted by Gasteiger charge is -2.20. The topological polar surface area (TPSA) is 71.0 Å². The first kappa shape index (κ1) is 31.2. The molecule has 11 heteroatoms. The number of carboxylic acid groups (broad SMARTS) is 1. The molecule has 2 fully saturated rings. The number of nitrogens with zero attached hydrogens (tertiary/aromatic N) is 1. The van der Waals surface area contributed by atoms with Gasteiger partial charge in [0.15, 0.2) is 6.10 Å². The zero-order valence-electron chi connectivity index (χ0n) is 20.4. The minimum Gasteiger partial charge on any atom is -0.492 e. The molecular formula is C26H33Cl2F3N2O4. The van der Waals surface area contributed by atoms with Crippen LogP contribution in [0.3, 0.4) is 0 Å². The molecule has 1 heterocycles. The van der Waals surface area contributed by atoms with E-state index in [-0.39, 0.29) is 24.8 Å². The fourth-order valence-electron chi connectivity index (χ4n) is 4.85. The summed E-state index contributed by atoms with van der Waals surface area (Å²) >= 11 is 0. The molecule has 0 aromatic heterocycles. The predicted molar refractivity (Wildman–Crippen MR) is 139 cm³/mol. The van der Waals surface area contributed by atoms with Crippen molar-refractivity contribution in [2.75, 3.05) is 32.8 Å². The van der Waals surface area contributed by atoms with E-state index in [0.29, 0.717) is 44.1 Å². The number of ether oxygens (including phenoxy) is 2. The molecule has 206 valence electrons. The third-order valence-electron chi connectivity index (χ3n) is 6.70. The lowest BCUT2D eigenvalue weighted by atomic mass is 10.1. The third kappa shape index (κ3) is 8.48. The van der Waals surface area contributed by atoms with E-state index in [0.717, 1.165) is 48.6 Å². The van der Waals surface area contributed by atoms with Crippen LogP contribution in [0.1, 0.15) is 23.6 Å². The van der Waals surface area contributed by atoms with Crippen molar-refractivity contribution in [3.63, 3.8) is 0 Å². The Morgan fingerprint density at radius 1 is 1.05 bits per heavy atom. The molecule has 0 spiro atoms. The van der Waals surface area contributed by atoms with E-state index in [1.807, 2.05) is 24.3 Å². The van der Waals surface area contributed by atoms with Crippen molar-refractivity contribution < 1.29 is 32.5 Å². The largest absolute Gasteiger partial charge is 0.492 e. The van der Waals surface area contributed by atoms with Crippen LogP contribution in [0.25, 0.3) is 0 Å². The van der Waals surface area contributed by atoms with E-state index < -0.39 is 23.8 Å². The second-order valence-electron chi connectivity index (χ2n) is 9.18. The van der Waals surface area contributed by atoms with E-state index in [4.69, 9.17) is 9.47 Å². The second-order valence-corrected chi connectivity index (χ2v) is 9.18. The summed E-state index contributed by atoms with van der Waals surface area (Å²) in [5.41, 5.74) is 1.17. The number of fused-ring (bicyclic) bond motifs is 1. The van der Waals surface area contributed by atoms with Crippen LogP contribution in [0.4, 0.5) is 13.2 Å². The van der Waals surface area contributed by atoms with E-state index in [1.54, 1.807) is 19.1 Å². The van der Waals surface area contributed by atoms with Gasteiger partial charge < -0.3 is 19.9 Å². The quantitative estimate of drug-likeness (QED) is 0.365. The molecule has 0 bridgehead atoms. The summed E-state index contributed by atoms with van der Waals surface area (Å²) in [5, 5.41) is 12.7. The van der Waals surface area contributed by atoms with Crippen LogP contribution in [0.5, 0.6) is 5.75 Å². The van der Waals surface area contributed by atoms with Gasteiger partial charge in [-0.05, 0) is 54.2 Å². The van der Waals surface area contributed by atoms with Crippen molar-refractivity contribution in [1.29, 1.82) is 0 Å². The van der Waals surface area contributed by atoms with Crippen molar-refractivity contribution in [3.05, 3.63) is 65.2 Å². The molecule has 0 radical (unpaired) electrons. The van der Waals surface area contributed by atoms with Crippen LogP contribution in [-0.2, 0) is 28.7 Å². The van der Waals surface area contributed by atoms with E-state index >= 15 is 0 Å². The summed E-state index contributed by atoms with van der Waals surface area (Å²) in [5.74, 6) is 0.927. The maximum atomic E-state index is 12.7.